The van der Waals surface area contributed by atoms with Crippen LogP contribution in [0.5, 0.6) is 0 Å². The second kappa shape index (κ2) is 8.94. The molecule has 1 fully saturated rings. The molecule has 0 radical (unpaired) electrons. The first-order chi connectivity index (χ1) is 16.8. The lowest BCUT2D eigenvalue weighted by Crippen LogP contribution is -2.49. The summed E-state index contributed by atoms with van der Waals surface area (Å²) in [5.41, 5.74) is 2.33. The lowest BCUT2D eigenvalue weighted by atomic mass is 10.1. The summed E-state index contributed by atoms with van der Waals surface area (Å²) < 4.78 is 46.0. The summed E-state index contributed by atoms with van der Waals surface area (Å²) in [5, 5.41) is 4.49. The van der Waals surface area contributed by atoms with E-state index in [1.807, 2.05) is 36.1 Å². The number of furan rings is 1. The van der Waals surface area contributed by atoms with Crippen molar-refractivity contribution in [2.75, 3.05) is 31.1 Å². The highest BCUT2D eigenvalue weighted by Gasteiger charge is 2.32. The quantitative estimate of drug-likeness (QED) is 0.418. The van der Waals surface area contributed by atoms with Crippen molar-refractivity contribution in [3.05, 3.63) is 84.1 Å². The van der Waals surface area contributed by atoms with Crippen LogP contribution in [0.3, 0.4) is 0 Å². The van der Waals surface area contributed by atoms with Crippen LogP contribution in [-0.4, -0.2) is 51.8 Å². The van der Waals surface area contributed by atoms with Crippen molar-refractivity contribution in [3.63, 3.8) is 0 Å². The number of rotatable bonds is 4. The van der Waals surface area contributed by atoms with Gasteiger partial charge >= 0.3 is 6.18 Å². The van der Waals surface area contributed by atoms with Crippen LogP contribution in [0.25, 0.3) is 17.1 Å². The molecule has 180 valence electrons. The number of nitrogens with zero attached hydrogens (tertiary/aromatic N) is 5. The van der Waals surface area contributed by atoms with Crippen molar-refractivity contribution in [2.45, 2.75) is 13.1 Å². The third-order valence-corrected chi connectivity index (χ3v) is 5.96. The molecule has 2 aromatic carbocycles. The van der Waals surface area contributed by atoms with E-state index in [2.05, 4.69) is 10.1 Å². The highest BCUT2D eigenvalue weighted by atomic mass is 19.4. The van der Waals surface area contributed by atoms with E-state index in [-0.39, 0.29) is 11.7 Å². The third-order valence-electron chi connectivity index (χ3n) is 5.96. The van der Waals surface area contributed by atoms with E-state index in [4.69, 9.17) is 4.42 Å². The molecule has 0 atom stereocenters. The second-order valence-electron chi connectivity index (χ2n) is 8.35. The van der Waals surface area contributed by atoms with Crippen LogP contribution in [0.2, 0.25) is 0 Å². The maximum absolute atomic E-state index is 13.2. The van der Waals surface area contributed by atoms with Crippen molar-refractivity contribution in [3.8, 4) is 17.1 Å². The van der Waals surface area contributed by atoms with Crippen LogP contribution >= 0.6 is 0 Å². The van der Waals surface area contributed by atoms with Gasteiger partial charge in [0.25, 0.3) is 5.91 Å². The fourth-order valence-corrected chi connectivity index (χ4v) is 4.04. The first kappa shape index (κ1) is 22.7. The van der Waals surface area contributed by atoms with Crippen molar-refractivity contribution in [2.24, 2.45) is 0 Å². The zero-order valence-corrected chi connectivity index (χ0v) is 18.9. The predicted molar refractivity (Wildman–Crippen MR) is 123 cm³/mol. The Morgan fingerprint density at radius 3 is 2.37 bits per heavy atom. The largest absolute Gasteiger partial charge is 0.472 e. The predicted octanol–water partition coefficient (Wildman–Crippen LogP) is 4.82. The summed E-state index contributed by atoms with van der Waals surface area (Å²) in [6, 6.07) is 14.7. The molecule has 10 heteroatoms. The Morgan fingerprint density at radius 1 is 0.971 bits per heavy atom. The van der Waals surface area contributed by atoms with Gasteiger partial charge < -0.3 is 14.2 Å². The highest BCUT2D eigenvalue weighted by molar-refractivity contribution is 5.91. The molecular weight excluding hydrogens is 459 g/mol. The van der Waals surface area contributed by atoms with Gasteiger partial charge in [-0.2, -0.15) is 13.2 Å². The zero-order chi connectivity index (χ0) is 24.6. The van der Waals surface area contributed by atoms with Gasteiger partial charge in [-0.05, 0) is 43.3 Å². The number of anilines is 1. The Morgan fingerprint density at radius 2 is 1.71 bits per heavy atom. The SMILES string of the molecule is Cc1ccc(-n2nc(C(=O)N3CCN(c4cccc(C(F)(F)F)c4)CC3)nc2-c2ccoc2)cc1. The minimum atomic E-state index is -4.40. The molecule has 4 aromatic rings. The Labute approximate surface area is 199 Å². The summed E-state index contributed by atoms with van der Waals surface area (Å²) in [6.07, 6.45) is -1.34. The van der Waals surface area contributed by atoms with Crippen molar-refractivity contribution in [1.29, 1.82) is 0 Å². The summed E-state index contributed by atoms with van der Waals surface area (Å²) in [4.78, 5) is 21.2. The fourth-order valence-electron chi connectivity index (χ4n) is 4.04. The molecule has 5 rings (SSSR count). The summed E-state index contributed by atoms with van der Waals surface area (Å²) in [6.45, 7) is 3.47. The van der Waals surface area contributed by atoms with Crippen LogP contribution in [0, 0.1) is 6.92 Å². The molecule has 1 saturated heterocycles. The first-order valence-corrected chi connectivity index (χ1v) is 11.1. The monoisotopic (exact) mass is 481 g/mol. The number of carbonyl (C=O) groups is 1. The molecule has 1 aliphatic rings. The second-order valence-corrected chi connectivity index (χ2v) is 8.35. The van der Waals surface area contributed by atoms with Crippen molar-refractivity contribution < 1.29 is 22.4 Å². The van der Waals surface area contributed by atoms with Gasteiger partial charge in [0.1, 0.15) is 6.26 Å². The number of halogens is 3. The molecule has 7 nitrogen and oxygen atoms in total. The van der Waals surface area contributed by atoms with E-state index in [0.717, 1.165) is 23.4 Å². The first-order valence-electron chi connectivity index (χ1n) is 11.1. The Bertz CT molecular complexity index is 1320. The molecule has 0 saturated carbocycles. The number of benzene rings is 2. The Hall–Kier alpha value is -4.08. The molecule has 0 aliphatic carbocycles. The minimum Gasteiger partial charge on any atom is -0.472 e. The molecule has 1 amide bonds. The minimum absolute atomic E-state index is 0.0503. The molecule has 0 unspecified atom stereocenters. The van der Waals surface area contributed by atoms with Crippen LogP contribution in [0.1, 0.15) is 21.7 Å². The maximum Gasteiger partial charge on any atom is 0.416 e. The lowest BCUT2D eigenvalue weighted by molar-refractivity contribution is -0.137. The van der Waals surface area contributed by atoms with E-state index in [1.54, 1.807) is 21.7 Å². The average Bonchev–Trinajstić information content (AvgIpc) is 3.54. The molecule has 0 bridgehead atoms. The van der Waals surface area contributed by atoms with E-state index in [9.17, 15) is 18.0 Å². The number of amides is 1. The van der Waals surface area contributed by atoms with Gasteiger partial charge in [0.05, 0.1) is 23.1 Å². The van der Waals surface area contributed by atoms with Crippen LogP contribution in [-0.2, 0) is 6.18 Å². The molecule has 0 N–H and O–H groups in total. The van der Waals surface area contributed by atoms with E-state index < -0.39 is 11.7 Å². The van der Waals surface area contributed by atoms with Gasteiger partial charge in [-0.25, -0.2) is 9.67 Å². The third kappa shape index (κ3) is 4.64. The molecule has 3 heterocycles. The zero-order valence-electron chi connectivity index (χ0n) is 18.9. The van der Waals surface area contributed by atoms with E-state index >= 15 is 0 Å². The smallest absolute Gasteiger partial charge is 0.416 e. The van der Waals surface area contributed by atoms with Crippen LogP contribution in [0.15, 0.2) is 71.5 Å². The standard InChI is InChI=1S/C25H22F3N5O2/c1-17-5-7-20(8-6-17)33-23(18-9-14-35-16-18)29-22(30-33)24(34)32-12-10-31(11-13-32)21-4-2-3-19(15-21)25(26,27)28/h2-9,14-16H,10-13H2,1H3. The molecule has 0 spiro atoms. The number of aromatic nitrogens is 3. The highest BCUT2D eigenvalue weighted by Crippen LogP contribution is 2.32. The molecular formula is C25H22F3N5O2. The van der Waals surface area contributed by atoms with Gasteiger partial charge in [-0.3, -0.25) is 4.79 Å². The lowest BCUT2D eigenvalue weighted by Gasteiger charge is -2.35. The fraction of sp³-hybridized carbons (Fsp3) is 0.240. The summed E-state index contributed by atoms with van der Waals surface area (Å²) in [5.74, 6) is 0.201. The summed E-state index contributed by atoms with van der Waals surface area (Å²) >= 11 is 0. The van der Waals surface area contributed by atoms with Crippen LogP contribution in [0.4, 0.5) is 18.9 Å². The van der Waals surface area contributed by atoms with Gasteiger partial charge in [0.2, 0.25) is 5.82 Å². The van der Waals surface area contributed by atoms with E-state index in [0.29, 0.717) is 43.3 Å². The van der Waals surface area contributed by atoms with Gasteiger partial charge in [-0.1, -0.05) is 23.8 Å². The maximum atomic E-state index is 13.2. The summed E-state index contributed by atoms with van der Waals surface area (Å²) in [7, 11) is 0. The van der Waals surface area contributed by atoms with Gasteiger partial charge in [0.15, 0.2) is 5.82 Å². The van der Waals surface area contributed by atoms with Gasteiger partial charge in [-0.15, -0.1) is 5.10 Å². The molecule has 1 aliphatic heterocycles. The normalized spacial score (nSPS) is 14.4. The Kier molecular flexibility index (Phi) is 5.80. The van der Waals surface area contributed by atoms with Crippen molar-refractivity contribution in [1.82, 2.24) is 19.7 Å². The van der Waals surface area contributed by atoms with Gasteiger partial charge in [0, 0.05) is 31.9 Å². The molecule has 35 heavy (non-hydrogen) atoms. The van der Waals surface area contributed by atoms with Crippen molar-refractivity contribution >= 4 is 11.6 Å². The van der Waals surface area contributed by atoms with Crippen LogP contribution < -0.4 is 4.90 Å². The number of alkyl halides is 3. The number of piperazine rings is 1. The molecule has 2 aromatic heterocycles. The Balaban J connectivity index is 1.35. The number of carbonyl (C=O) groups excluding carboxylic acids is 1. The number of aryl methyl sites for hydroxylation is 1. The topological polar surface area (TPSA) is 67.4 Å². The van der Waals surface area contributed by atoms with E-state index in [1.165, 1.54) is 18.6 Å². The number of hydrogen-bond donors (Lipinski definition) is 0. The average molecular weight is 481 g/mol. The number of hydrogen-bond acceptors (Lipinski definition) is 5.